The van der Waals surface area contributed by atoms with Crippen LogP contribution in [-0.4, -0.2) is 0 Å². The van der Waals surface area contributed by atoms with Gasteiger partial charge in [-0.05, 0) is 12.5 Å². The molecule has 0 fully saturated rings. The van der Waals surface area contributed by atoms with Crippen molar-refractivity contribution >= 4 is 0 Å². The minimum absolute atomic E-state index is 0. The van der Waals surface area contributed by atoms with Crippen molar-refractivity contribution in [3.8, 4) is 5.82 Å². The molecule has 0 aromatic carbocycles. The van der Waals surface area contributed by atoms with Crippen LogP contribution in [0, 0.1) is 0 Å². The zero-order chi connectivity index (χ0) is 13.3. The van der Waals surface area contributed by atoms with Gasteiger partial charge in [-0.3, -0.25) is 0 Å². The van der Waals surface area contributed by atoms with Gasteiger partial charge in [0, 0.05) is 24.6 Å². The van der Waals surface area contributed by atoms with Crippen molar-refractivity contribution in [3.63, 3.8) is 0 Å². The van der Waals surface area contributed by atoms with Crippen LogP contribution in [-0.2, 0) is 6.54 Å². The summed E-state index contributed by atoms with van der Waals surface area (Å²) in [5.74, 6) is 1.23. The first kappa shape index (κ1) is 19.9. The molecule has 116 valence electrons. The molecule has 0 N–H and O–H groups in total. The van der Waals surface area contributed by atoms with E-state index in [0.717, 1.165) is 6.54 Å². The van der Waals surface area contributed by atoms with Crippen molar-refractivity contribution in [2.24, 2.45) is 0 Å². The molecule has 0 radical (unpaired) electrons. The molecular weight excluding hydrogens is 303 g/mol. The second-order valence-corrected chi connectivity index (χ2v) is 4.95. The van der Waals surface area contributed by atoms with Crippen molar-refractivity contribution in [2.45, 2.75) is 45.6 Å². The van der Waals surface area contributed by atoms with Gasteiger partial charge in [-0.15, -0.1) is 9.13 Å². The number of hydrogen-bond donors (Lipinski definition) is 0. The lowest BCUT2D eigenvalue weighted by Crippen LogP contribution is -3.00. The zero-order valence-electron chi connectivity index (χ0n) is 12.6. The van der Waals surface area contributed by atoms with Crippen molar-refractivity contribution < 1.29 is 33.9 Å². The van der Waals surface area contributed by atoms with E-state index in [9.17, 15) is 0 Å². The maximum atomic E-state index is 2.34. The zero-order valence-corrected chi connectivity index (χ0v) is 14.1. The summed E-state index contributed by atoms with van der Waals surface area (Å²) in [5.41, 5.74) is 0. The number of aryl methyl sites for hydroxylation is 1. The van der Waals surface area contributed by atoms with Gasteiger partial charge in [0.25, 0.3) is 0 Å². The number of unbranched alkanes of at least 4 members (excludes halogenated alkanes) is 4. The van der Waals surface area contributed by atoms with Gasteiger partial charge >= 0.3 is 5.82 Å². The average molecular weight is 327 g/mol. The summed E-state index contributed by atoms with van der Waals surface area (Å²) in [6.45, 7) is 3.36. The van der Waals surface area contributed by atoms with Crippen molar-refractivity contribution in [2.75, 3.05) is 0 Å². The summed E-state index contributed by atoms with van der Waals surface area (Å²) in [6.07, 6.45) is 13.0. The van der Waals surface area contributed by atoms with Gasteiger partial charge < -0.3 is 24.8 Å². The van der Waals surface area contributed by atoms with Crippen LogP contribution in [0.25, 0.3) is 5.82 Å². The normalized spacial score (nSPS) is 9.57. The topological polar surface area (TPSA) is 7.76 Å². The highest BCUT2D eigenvalue weighted by molar-refractivity contribution is 5.03. The smallest absolute Gasteiger partial charge is 0.449 e. The largest absolute Gasteiger partial charge is 1.00 e. The third-order valence-electron chi connectivity index (χ3n) is 3.40. The number of pyridine rings is 2. The first-order valence-electron chi connectivity index (χ1n) is 7.37. The average Bonchev–Trinajstić information content (AvgIpc) is 2.48. The van der Waals surface area contributed by atoms with E-state index in [2.05, 4.69) is 71.0 Å². The molecule has 2 nitrogen and oxygen atoms in total. The molecule has 0 spiro atoms. The SMILES string of the molecule is CCCCCCC[n+]1ccccc1-[n+]1ccccc1.[Cl-].[Cl-]. The maximum Gasteiger partial charge on any atom is 0.449 e. The van der Waals surface area contributed by atoms with Crippen LogP contribution < -0.4 is 33.9 Å². The standard InChI is InChI=1S/C17H24N2.2ClH/c1-2-3-4-5-8-13-19-16-11-7-12-17(19)18-14-9-6-10-15-18;;/h6-7,9-12,14-16H,2-5,8,13H2,1H3;2*1H/q+2;;/p-2. The van der Waals surface area contributed by atoms with Gasteiger partial charge in [-0.25, -0.2) is 0 Å². The summed E-state index contributed by atoms with van der Waals surface area (Å²) in [4.78, 5) is 0. The second-order valence-electron chi connectivity index (χ2n) is 4.95. The highest BCUT2D eigenvalue weighted by Gasteiger charge is 2.17. The minimum atomic E-state index is 0. The summed E-state index contributed by atoms with van der Waals surface area (Å²) >= 11 is 0. The van der Waals surface area contributed by atoms with Crippen LogP contribution in [0.5, 0.6) is 0 Å². The van der Waals surface area contributed by atoms with Crippen LogP contribution >= 0.6 is 0 Å². The Morgan fingerprint density at radius 1 is 0.762 bits per heavy atom. The molecule has 0 amide bonds. The number of hydrogen-bond acceptors (Lipinski definition) is 0. The summed E-state index contributed by atoms with van der Waals surface area (Å²) < 4.78 is 4.51. The van der Waals surface area contributed by atoms with E-state index < -0.39 is 0 Å². The predicted octanol–water partition coefficient (Wildman–Crippen LogP) is -2.77. The quantitative estimate of drug-likeness (QED) is 0.384. The molecule has 0 aliphatic rings. The summed E-state index contributed by atoms with van der Waals surface area (Å²) in [6, 6.07) is 12.6. The number of nitrogens with zero attached hydrogens (tertiary/aromatic N) is 2. The fourth-order valence-electron chi connectivity index (χ4n) is 2.33. The lowest BCUT2D eigenvalue weighted by molar-refractivity contribution is -0.792. The van der Waals surface area contributed by atoms with Crippen LogP contribution in [0.4, 0.5) is 0 Å². The Kier molecular flexibility index (Phi) is 10.9. The van der Waals surface area contributed by atoms with Gasteiger partial charge in [-0.2, -0.15) is 0 Å². The highest BCUT2D eigenvalue weighted by atomic mass is 35.5. The molecule has 2 rings (SSSR count). The monoisotopic (exact) mass is 326 g/mol. The third-order valence-corrected chi connectivity index (χ3v) is 3.40. The molecule has 21 heavy (non-hydrogen) atoms. The second kappa shape index (κ2) is 11.5. The summed E-state index contributed by atoms with van der Waals surface area (Å²) in [7, 11) is 0. The van der Waals surface area contributed by atoms with Gasteiger partial charge in [0.05, 0.1) is 6.07 Å². The first-order valence-corrected chi connectivity index (χ1v) is 7.37. The van der Waals surface area contributed by atoms with Crippen LogP contribution in [0.2, 0.25) is 0 Å². The van der Waals surface area contributed by atoms with E-state index in [0.29, 0.717) is 0 Å². The molecule has 0 aliphatic heterocycles. The molecule has 0 saturated heterocycles. The maximum absolute atomic E-state index is 2.34. The van der Waals surface area contributed by atoms with E-state index in [4.69, 9.17) is 0 Å². The molecule has 2 aromatic rings. The molecule has 0 saturated carbocycles. The minimum Gasteiger partial charge on any atom is -1.00 e. The lowest BCUT2D eigenvalue weighted by Gasteiger charge is -2.00. The number of rotatable bonds is 7. The van der Waals surface area contributed by atoms with E-state index in [1.165, 1.54) is 37.9 Å². The number of halogens is 2. The summed E-state index contributed by atoms with van der Waals surface area (Å²) in [5, 5.41) is 0. The van der Waals surface area contributed by atoms with Crippen molar-refractivity contribution in [1.82, 2.24) is 0 Å². The Labute approximate surface area is 140 Å². The lowest BCUT2D eigenvalue weighted by atomic mass is 10.1. The van der Waals surface area contributed by atoms with E-state index in [1.807, 2.05) is 0 Å². The molecule has 2 aromatic heterocycles. The van der Waals surface area contributed by atoms with Gasteiger partial charge in [0.1, 0.15) is 0 Å². The Balaban J connectivity index is 0.00000200. The van der Waals surface area contributed by atoms with Crippen molar-refractivity contribution in [3.05, 3.63) is 55.0 Å². The third kappa shape index (κ3) is 6.45. The molecular formula is C17H24Cl2N2. The number of aromatic nitrogens is 2. The van der Waals surface area contributed by atoms with Crippen molar-refractivity contribution in [1.29, 1.82) is 0 Å². The molecule has 4 heteroatoms. The molecule has 0 atom stereocenters. The van der Waals surface area contributed by atoms with E-state index in [1.54, 1.807) is 0 Å². The van der Waals surface area contributed by atoms with E-state index >= 15 is 0 Å². The Morgan fingerprint density at radius 2 is 1.43 bits per heavy atom. The fourth-order valence-corrected chi connectivity index (χ4v) is 2.33. The Hall–Kier alpha value is -1.12. The Morgan fingerprint density at radius 3 is 2.14 bits per heavy atom. The molecule has 0 unspecified atom stereocenters. The van der Waals surface area contributed by atoms with E-state index in [-0.39, 0.29) is 24.8 Å². The van der Waals surface area contributed by atoms with Crippen LogP contribution in [0.15, 0.2) is 55.0 Å². The highest BCUT2D eigenvalue weighted by Crippen LogP contribution is 2.02. The van der Waals surface area contributed by atoms with Gasteiger partial charge in [0.15, 0.2) is 25.1 Å². The molecule has 2 heterocycles. The van der Waals surface area contributed by atoms with Gasteiger partial charge in [-0.1, -0.05) is 32.3 Å². The van der Waals surface area contributed by atoms with Crippen LogP contribution in [0.1, 0.15) is 39.0 Å². The fraction of sp³-hybridized carbons (Fsp3) is 0.412. The predicted molar refractivity (Wildman–Crippen MR) is 76.9 cm³/mol. The first-order chi connectivity index (χ1) is 9.42. The molecule has 0 aliphatic carbocycles. The Bertz CT molecular complexity index is 489. The molecule has 0 bridgehead atoms. The van der Waals surface area contributed by atoms with Crippen LogP contribution in [0.3, 0.4) is 0 Å². The van der Waals surface area contributed by atoms with Gasteiger partial charge in [0.2, 0.25) is 0 Å².